The number of carbonyl (C=O) groups excluding carboxylic acids is 3. The molecule has 0 fully saturated rings. The van der Waals surface area contributed by atoms with E-state index in [-0.39, 0.29) is 24.2 Å². The van der Waals surface area contributed by atoms with Crippen molar-refractivity contribution in [3.63, 3.8) is 0 Å². The standard InChI is InChI=1S/C21H23NO5/c1-14(2)12-20(24)22-17-7-5-16(6-8-17)19(23)13-26-21(25)11-10-18-9-4-15(3)27-18/h4-11,14H,12-13H2,1-3H3,(H,22,24)/b11-10+. The highest BCUT2D eigenvalue weighted by atomic mass is 16.5. The number of hydrogen-bond acceptors (Lipinski definition) is 5. The average molecular weight is 369 g/mol. The van der Waals surface area contributed by atoms with Crippen LogP contribution in [-0.4, -0.2) is 24.3 Å². The van der Waals surface area contributed by atoms with Crippen LogP contribution >= 0.6 is 0 Å². The molecule has 6 nitrogen and oxygen atoms in total. The van der Waals surface area contributed by atoms with Gasteiger partial charge in [0.1, 0.15) is 11.5 Å². The number of benzene rings is 1. The number of carbonyl (C=O) groups is 3. The topological polar surface area (TPSA) is 85.6 Å². The summed E-state index contributed by atoms with van der Waals surface area (Å²) in [4.78, 5) is 35.5. The van der Waals surface area contributed by atoms with Crippen LogP contribution in [0.4, 0.5) is 5.69 Å². The van der Waals surface area contributed by atoms with Gasteiger partial charge >= 0.3 is 5.97 Å². The van der Waals surface area contributed by atoms with Crippen molar-refractivity contribution in [3.8, 4) is 0 Å². The first kappa shape index (κ1) is 20.2. The Bertz CT molecular complexity index is 831. The molecule has 2 rings (SSSR count). The Kier molecular flexibility index (Phi) is 7.11. The van der Waals surface area contributed by atoms with Crippen LogP contribution in [0.3, 0.4) is 0 Å². The highest BCUT2D eigenvalue weighted by Crippen LogP contribution is 2.12. The summed E-state index contributed by atoms with van der Waals surface area (Å²) in [5.41, 5.74) is 1.01. The van der Waals surface area contributed by atoms with Crippen LogP contribution < -0.4 is 5.32 Å². The molecule has 0 unspecified atom stereocenters. The molecule has 0 bridgehead atoms. The average Bonchev–Trinajstić information content (AvgIpc) is 3.03. The van der Waals surface area contributed by atoms with Crippen molar-refractivity contribution in [1.29, 1.82) is 0 Å². The van der Waals surface area contributed by atoms with E-state index in [1.807, 2.05) is 13.8 Å². The van der Waals surface area contributed by atoms with Crippen molar-refractivity contribution in [2.24, 2.45) is 5.92 Å². The first-order valence-electron chi connectivity index (χ1n) is 8.68. The number of esters is 1. The second-order valence-electron chi connectivity index (χ2n) is 6.54. The summed E-state index contributed by atoms with van der Waals surface area (Å²) in [6.07, 6.45) is 3.12. The van der Waals surface area contributed by atoms with E-state index < -0.39 is 5.97 Å². The molecule has 0 aliphatic rings. The normalized spacial score (nSPS) is 11.0. The van der Waals surface area contributed by atoms with Gasteiger partial charge in [-0.05, 0) is 55.3 Å². The van der Waals surface area contributed by atoms with Gasteiger partial charge < -0.3 is 14.5 Å². The quantitative estimate of drug-likeness (QED) is 0.432. The summed E-state index contributed by atoms with van der Waals surface area (Å²) in [5.74, 6) is 0.511. The van der Waals surface area contributed by atoms with Crippen LogP contribution in [-0.2, 0) is 14.3 Å². The molecule has 1 N–H and O–H groups in total. The van der Waals surface area contributed by atoms with Crippen molar-refractivity contribution < 1.29 is 23.5 Å². The Labute approximate surface area is 158 Å². The number of Topliss-reactive ketones (excluding diaryl/α,β-unsaturated/α-hetero) is 1. The molecule has 1 aromatic carbocycles. The third kappa shape index (κ3) is 6.93. The fourth-order valence-corrected chi connectivity index (χ4v) is 2.28. The van der Waals surface area contributed by atoms with E-state index in [4.69, 9.17) is 9.15 Å². The summed E-state index contributed by atoms with van der Waals surface area (Å²) in [5, 5.41) is 2.77. The molecule has 0 saturated carbocycles. The summed E-state index contributed by atoms with van der Waals surface area (Å²) in [6.45, 7) is 5.37. The molecule has 0 aliphatic heterocycles. The van der Waals surface area contributed by atoms with Crippen molar-refractivity contribution in [1.82, 2.24) is 0 Å². The first-order chi connectivity index (χ1) is 12.8. The summed E-state index contributed by atoms with van der Waals surface area (Å²) in [6, 6.07) is 9.97. The van der Waals surface area contributed by atoms with E-state index in [0.29, 0.717) is 23.4 Å². The van der Waals surface area contributed by atoms with Gasteiger partial charge in [0.15, 0.2) is 12.4 Å². The molecule has 0 spiro atoms. The maximum absolute atomic E-state index is 12.1. The molecule has 0 atom stereocenters. The second kappa shape index (κ2) is 9.52. The first-order valence-corrected chi connectivity index (χ1v) is 8.68. The van der Waals surface area contributed by atoms with Gasteiger partial charge in [0.2, 0.25) is 5.91 Å². The van der Waals surface area contributed by atoms with Crippen LogP contribution in [0.15, 0.2) is 46.9 Å². The number of anilines is 1. The van der Waals surface area contributed by atoms with E-state index in [1.54, 1.807) is 43.3 Å². The Hall–Kier alpha value is -3.15. The molecule has 1 aromatic heterocycles. The van der Waals surface area contributed by atoms with E-state index in [9.17, 15) is 14.4 Å². The van der Waals surface area contributed by atoms with Crippen LogP contribution in [0.2, 0.25) is 0 Å². The van der Waals surface area contributed by atoms with Gasteiger partial charge in [0.25, 0.3) is 0 Å². The zero-order valence-corrected chi connectivity index (χ0v) is 15.7. The predicted octanol–water partition coefficient (Wildman–Crippen LogP) is 4.01. The van der Waals surface area contributed by atoms with Gasteiger partial charge in [-0.1, -0.05) is 13.8 Å². The minimum Gasteiger partial charge on any atom is -0.462 e. The molecular weight excluding hydrogens is 346 g/mol. The fraction of sp³-hybridized carbons (Fsp3) is 0.286. The zero-order chi connectivity index (χ0) is 19.8. The molecular formula is C21H23NO5. The molecule has 0 aliphatic carbocycles. The molecule has 27 heavy (non-hydrogen) atoms. The fourth-order valence-electron chi connectivity index (χ4n) is 2.28. The minimum absolute atomic E-state index is 0.0726. The van der Waals surface area contributed by atoms with Crippen molar-refractivity contribution in [2.45, 2.75) is 27.2 Å². The van der Waals surface area contributed by atoms with E-state index in [2.05, 4.69) is 5.32 Å². The molecule has 142 valence electrons. The van der Waals surface area contributed by atoms with Gasteiger partial charge in [-0.25, -0.2) is 4.79 Å². The van der Waals surface area contributed by atoms with Crippen LogP contribution in [0.1, 0.15) is 42.1 Å². The summed E-state index contributed by atoms with van der Waals surface area (Å²) < 4.78 is 10.2. The predicted molar refractivity (Wildman–Crippen MR) is 102 cm³/mol. The smallest absolute Gasteiger partial charge is 0.331 e. The maximum Gasteiger partial charge on any atom is 0.331 e. The van der Waals surface area contributed by atoms with Crippen LogP contribution in [0, 0.1) is 12.8 Å². The molecule has 1 amide bonds. The lowest BCUT2D eigenvalue weighted by atomic mass is 10.1. The largest absolute Gasteiger partial charge is 0.462 e. The number of ether oxygens (including phenoxy) is 1. The van der Waals surface area contributed by atoms with Crippen LogP contribution in [0.25, 0.3) is 6.08 Å². The number of ketones is 1. The Morgan fingerprint density at radius 3 is 2.41 bits per heavy atom. The third-order valence-electron chi connectivity index (χ3n) is 3.57. The zero-order valence-electron chi connectivity index (χ0n) is 15.7. The Morgan fingerprint density at radius 1 is 1.11 bits per heavy atom. The number of nitrogens with one attached hydrogen (secondary N) is 1. The number of furan rings is 1. The monoisotopic (exact) mass is 369 g/mol. The lowest BCUT2D eigenvalue weighted by Crippen LogP contribution is -2.14. The molecule has 2 aromatic rings. The molecule has 1 heterocycles. The number of rotatable bonds is 8. The summed E-state index contributed by atoms with van der Waals surface area (Å²) in [7, 11) is 0. The van der Waals surface area contributed by atoms with Gasteiger partial charge in [-0.3, -0.25) is 9.59 Å². The van der Waals surface area contributed by atoms with Crippen LogP contribution in [0.5, 0.6) is 0 Å². The van der Waals surface area contributed by atoms with Crippen molar-refractivity contribution in [3.05, 3.63) is 59.6 Å². The second-order valence-corrected chi connectivity index (χ2v) is 6.54. The lowest BCUT2D eigenvalue weighted by Gasteiger charge is -2.08. The number of amides is 1. The third-order valence-corrected chi connectivity index (χ3v) is 3.57. The molecule has 0 saturated heterocycles. The highest BCUT2D eigenvalue weighted by Gasteiger charge is 2.10. The summed E-state index contributed by atoms with van der Waals surface area (Å²) >= 11 is 0. The van der Waals surface area contributed by atoms with Gasteiger partial charge in [-0.2, -0.15) is 0 Å². The Balaban J connectivity index is 1.82. The number of aryl methyl sites for hydroxylation is 1. The maximum atomic E-state index is 12.1. The Morgan fingerprint density at radius 2 is 1.81 bits per heavy atom. The highest BCUT2D eigenvalue weighted by molar-refractivity contribution is 5.99. The number of hydrogen-bond donors (Lipinski definition) is 1. The van der Waals surface area contributed by atoms with Crippen molar-refractivity contribution >= 4 is 29.4 Å². The molecule has 0 radical (unpaired) electrons. The SMILES string of the molecule is Cc1ccc(/C=C/C(=O)OCC(=O)c2ccc(NC(=O)CC(C)C)cc2)o1. The van der Waals surface area contributed by atoms with Gasteiger partial charge in [0.05, 0.1) is 0 Å². The van der Waals surface area contributed by atoms with E-state index >= 15 is 0 Å². The van der Waals surface area contributed by atoms with E-state index in [0.717, 1.165) is 5.76 Å². The van der Waals surface area contributed by atoms with Crippen molar-refractivity contribution in [2.75, 3.05) is 11.9 Å². The lowest BCUT2D eigenvalue weighted by molar-refractivity contribution is -0.136. The minimum atomic E-state index is -0.630. The molecule has 6 heteroatoms. The van der Waals surface area contributed by atoms with E-state index in [1.165, 1.54) is 12.2 Å². The van der Waals surface area contributed by atoms with Gasteiger partial charge in [0, 0.05) is 23.7 Å². The van der Waals surface area contributed by atoms with Gasteiger partial charge in [-0.15, -0.1) is 0 Å².